The van der Waals surface area contributed by atoms with Crippen LogP contribution >= 0.6 is 0 Å². The number of hydrogen-bond donors (Lipinski definition) is 3. The second-order valence-corrected chi connectivity index (χ2v) is 6.36. The van der Waals surface area contributed by atoms with Crippen molar-refractivity contribution < 1.29 is 24.5 Å². The van der Waals surface area contributed by atoms with E-state index in [0.29, 0.717) is 25.8 Å². The van der Waals surface area contributed by atoms with Crippen molar-refractivity contribution in [2.75, 3.05) is 13.7 Å². The predicted octanol–water partition coefficient (Wildman–Crippen LogP) is 0.253. The molecule has 1 aliphatic carbocycles. The van der Waals surface area contributed by atoms with E-state index in [9.17, 15) is 15.0 Å². The zero-order valence-electron chi connectivity index (χ0n) is 13.1. The van der Waals surface area contributed by atoms with Crippen molar-refractivity contribution in [3.63, 3.8) is 0 Å². The maximum Gasteiger partial charge on any atom is 0.309 e. The van der Waals surface area contributed by atoms with Gasteiger partial charge in [0.2, 0.25) is 0 Å². The first kappa shape index (κ1) is 16.2. The Morgan fingerprint density at radius 1 is 1.26 bits per heavy atom. The number of benzene rings is 1. The summed E-state index contributed by atoms with van der Waals surface area (Å²) in [5.41, 5.74) is 1.08. The summed E-state index contributed by atoms with van der Waals surface area (Å²) in [4.78, 5) is 12.1. The van der Waals surface area contributed by atoms with E-state index in [2.05, 4.69) is 5.32 Å². The van der Waals surface area contributed by atoms with Crippen LogP contribution in [-0.4, -0.2) is 54.2 Å². The Kier molecular flexibility index (Phi) is 4.84. The third-order valence-corrected chi connectivity index (χ3v) is 4.68. The van der Waals surface area contributed by atoms with Gasteiger partial charge in [0.1, 0.15) is 18.0 Å². The van der Waals surface area contributed by atoms with Crippen molar-refractivity contribution in [2.24, 2.45) is 5.92 Å². The number of ether oxygens (including phenoxy) is 2. The van der Waals surface area contributed by atoms with Crippen LogP contribution in [0.2, 0.25) is 0 Å². The third kappa shape index (κ3) is 3.65. The fourth-order valence-corrected chi connectivity index (χ4v) is 3.15. The molecule has 0 unspecified atom stereocenters. The van der Waals surface area contributed by atoms with E-state index in [1.54, 1.807) is 7.11 Å². The number of methoxy groups -OCH3 is 1. The third-order valence-electron chi connectivity index (χ3n) is 4.68. The Morgan fingerprint density at radius 2 is 1.96 bits per heavy atom. The fraction of sp³-hybridized carbons (Fsp3) is 0.588. The number of β-amino-alcohol motifs (C(OH)–C–C–N with tert-alkyl or cyclic N) is 1. The van der Waals surface area contributed by atoms with E-state index in [4.69, 9.17) is 9.47 Å². The summed E-state index contributed by atoms with van der Waals surface area (Å²) in [6, 6.07) is 7.58. The first-order valence-electron chi connectivity index (χ1n) is 7.99. The van der Waals surface area contributed by atoms with Gasteiger partial charge in [0.05, 0.1) is 25.2 Å². The molecule has 0 amide bonds. The molecule has 1 aliphatic heterocycles. The van der Waals surface area contributed by atoms with Crippen molar-refractivity contribution in [1.82, 2.24) is 5.32 Å². The lowest BCUT2D eigenvalue weighted by Crippen LogP contribution is -2.43. The van der Waals surface area contributed by atoms with Crippen molar-refractivity contribution >= 4 is 5.97 Å². The topological polar surface area (TPSA) is 88.0 Å². The molecule has 6 nitrogen and oxygen atoms in total. The van der Waals surface area contributed by atoms with E-state index in [1.165, 1.54) is 0 Å². The summed E-state index contributed by atoms with van der Waals surface area (Å²) in [5.74, 6) is 0.238. The molecule has 126 valence electrons. The average molecular weight is 321 g/mol. The Hall–Kier alpha value is -1.63. The van der Waals surface area contributed by atoms with Gasteiger partial charge >= 0.3 is 5.97 Å². The highest BCUT2D eigenvalue weighted by atomic mass is 16.6. The van der Waals surface area contributed by atoms with Gasteiger partial charge in [-0.05, 0) is 37.0 Å². The van der Waals surface area contributed by atoms with Crippen molar-refractivity contribution in [3.8, 4) is 5.75 Å². The zero-order valence-corrected chi connectivity index (χ0v) is 13.1. The first-order valence-corrected chi connectivity index (χ1v) is 7.99. The minimum absolute atomic E-state index is 0.118. The van der Waals surface area contributed by atoms with Gasteiger partial charge in [-0.25, -0.2) is 0 Å². The molecule has 6 heteroatoms. The first-order chi connectivity index (χ1) is 11.1. The predicted molar refractivity (Wildman–Crippen MR) is 83.1 cm³/mol. The zero-order chi connectivity index (χ0) is 16.4. The molecular formula is C17H23NO5. The molecule has 1 aromatic rings. The molecule has 1 saturated carbocycles. The number of nitrogens with one attached hydrogen (secondary N) is 1. The van der Waals surface area contributed by atoms with Crippen LogP contribution in [0.4, 0.5) is 0 Å². The average Bonchev–Trinajstić information content (AvgIpc) is 2.85. The highest BCUT2D eigenvalue weighted by molar-refractivity contribution is 5.74. The van der Waals surface area contributed by atoms with Gasteiger partial charge < -0.3 is 25.0 Å². The van der Waals surface area contributed by atoms with Crippen LogP contribution in [0.1, 0.15) is 18.4 Å². The van der Waals surface area contributed by atoms with Gasteiger partial charge in [-0.3, -0.25) is 4.79 Å². The molecule has 0 aromatic heterocycles. The number of aliphatic hydroxyl groups is 2. The Bertz CT molecular complexity index is 540. The van der Waals surface area contributed by atoms with E-state index >= 15 is 0 Å². The molecule has 1 aromatic carbocycles. The fourth-order valence-electron chi connectivity index (χ4n) is 3.15. The number of esters is 1. The lowest BCUT2D eigenvalue weighted by molar-refractivity contribution is -0.166. The molecule has 1 saturated heterocycles. The molecule has 2 aliphatic rings. The van der Waals surface area contributed by atoms with E-state index in [-0.39, 0.29) is 17.9 Å². The molecule has 3 atom stereocenters. The Labute approximate surface area is 135 Å². The van der Waals surface area contributed by atoms with Crippen molar-refractivity contribution in [2.45, 2.75) is 43.6 Å². The molecule has 0 bridgehead atoms. The van der Waals surface area contributed by atoms with E-state index in [1.807, 2.05) is 24.3 Å². The summed E-state index contributed by atoms with van der Waals surface area (Å²) >= 11 is 0. The maximum absolute atomic E-state index is 12.1. The largest absolute Gasteiger partial charge is 0.497 e. The van der Waals surface area contributed by atoms with Crippen LogP contribution in [0.25, 0.3) is 0 Å². The van der Waals surface area contributed by atoms with Crippen LogP contribution in [0.15, 0.2) is 24.3 Å². The van der Waals surface area contributed by atoms with Crippen LogP contribution in [0, 0.1) is 5.92 Å². The molecule has 23 heavy (non-hydrogen) atoms. The highest BCUT2D eigenvalue weighted by Gasteiger charge is 2.41. The summed E-state index contributed by atoms with van der Waals surface area (Å²) < 4.78 is 10.7. The van der Waals surface area contributed by atoms with Gasteiger partial charge in [0.25, 0.3) is 0 Å². The minimum Gasteiger partial charge on any atom is -0.497 e. The van der Waals surface area contributed by atoms with Crippen molar-refractivity contribution in [1.29, 1.82) is 0 Å². The van der Waals surface area contributed by atoms with Crippen LogP contribution < -0.4 is 10.1 Å². The van der Waals surface area contributed by atoms with Crippen molar-refractivity contribution in [3.05, 3.63) is 29.8 Å². The van der Waals surface area contributed by atoms with Crippen LogP contribution in [-0.2, 0) is 16.0 Å². The summed E-state index contributed by atoms with van der Waals surface area (Å²) in [5, 5.41) is 22.6. The molecular weight excluding hydrogens is 298 g/mol. The quantitative estimate of drug-likeness (QED) is 0.674. The SMILES string of the molecule is COc1ccc(C[C@H]2NC[C@H](O)[C@H]2OC(=O)C2CC(O)C2)cc1. The number of hydrogen-bond acceptors (Lipinski definition) is 6. The Balaban J connectivity index is 1.59. The number of carbonyl (C=O) groups is 1. The maximum atomic E-state index is 12.1. The summed E-state index contributed by atoms with van der Waals surface area (Å²) in [6.07, 6.45) is -0.0771. The number of rotatable bonds is 5. The number of aliphatic hydroxyl groups excluding tert-OH is 2. The van der Waals surface area contributed by atoms with E-state index in [0.717, 1.165) is 11.3 Å². The molecule has 3 N–H and O–H groups in total. The molecule has 1 heterocycles. The monoisotopic (exact) mass is 321 g/mol. The second-order valence-electron chi connectivity index (χ2n) is 6.36. The van der Waals surface area contributed by atoms with Gasteiger partial charge in [-0.1, -0.05) is 12.1 Å². The van der Waals surface area contributed by atoms with Gasteiger partial charge in [0.15, 0.2) is 0 Å². The van der Waals surface area contributed by atoms with E-state index < -0.39 is 18.3 Å². The lowest BCUT2D eigenvalue weighted by atomic mass is 9.82. The van der Waals surface area contributed by atoms with Gasteiger partial charge in [-0.2, -0.15) is 0 Å². The molecule has 2 fully saturated rings. The van der Waals surface area contributed by atoms with Crippen LogP contribution in [0.5, 0.6) is 5.75 Å². The molecule has 3 rings (SSSR count). The second kappa shape index (κ2) is 6.86. The lowest BCUT2D eigenvalue weighted by Gasteiger charge is -2.31. The normalized spacial score (nSPS) is 33.1. The smallest absolute Gasteiger partial charge is 0.309 e. The molecule has 0 radical (unpaired) electrons. The Morgan fingerprint density at radius 3 is 2.57 bits per heavy atom. The molecule has 0 spiro atoms. The standard InChI is InChI=1S/C17H23NO5/c1-22-13-4-2-10(3-5-13)6-14-16(15(20)9-18-14)23-17(21)11-7-12(19)8-11/h2-5,11-12,14-16,18-20H,6-9H2,1H3/t11?,12?,14-,15+,16+/m1/s1. The van der Waals surface area contributed by atoms with Crippen LogP contribution in [0.3, 0.4) is 0 Å². The van der Waals surface area contributed by atoms with Gasteiger partial charge in [0, 0.05) is 6.54 Å². The van der Waals surface area contributed by atoms with Gasteiger partial charge in [-0.15, -0.1) is 0 Å². The number of carbonyl (C=O) groups excluding carboxylic acids is 1. The minimum atomic E-state index is -0.702. The summed E-state index contributed by atoms with van der Waals surface area (Å²) in [7, 11) is 1.62. The summed E-state index contributed by atoms with van der Waals surface area (Å²) in [6.45, 7) is 0.409. The highest BCUT2D eigenvalue weighted by Crippen LogP contribution is 2.30.